The smallest absolute Gasteiger partial charge is 0.417 e. The van der Waals surface area contributed by atoms with Crippen molar-refractivity contribution in [2.75, 3.05) is 6.79 Å². The van der Waals surface area contributed by atoms with Crippen molar-refractivity contribution in [3.8, 4) is 11.5 Å². The summed E-state index contributed by atoms with van der Waals surface area (Å²) in [6.45, 7) is 0.151. The van der Waals surface area contributed by atoms with E-state index in [-0.39, 0.29) is 23.5 Å². The van der Waals surface area contributed by atoms with E-state index in [2.05, 4.69) is 0 Å². The van der Waals surface area contributed by atoms with E-state index in [0.717, 1.165) is 11.6 Å². The van der Waals surface area contributed by atoms with Crippen LogP contribution in [0.2, 0.25) is 5.02 Å². The lowest BCUT2D eigenvalue weighted by Crippen LogP contribution is -2.13. The molecule has 1 atom stereocenters. The number of allylic oxidation sites excluding steroid dienone is 2. The maximum absolute atomic E-state index is 13.1. The van der Waals surface area contributed by atoms with E-state index in [1.807, 2.05) is 12.1 Å². The number of hydrogen-bond acceptors (Lipinski definition) is 3. The van der Waals surface area contributed by atoms with Gasteiger partial charge in [0.2, 0.25) is 6.79 Å². The highest BCUT2D eigenvalue weighted by Gasteiger charge is 2.34. The first-order chi connectivity index (χ1) is 12.8. The van der Waals surface area contributed by atoms with Crippen molar-refractivity contribution in [2.24, 2.45) is 0 Å². The van der Waals surface area contributed by atoms with E-state index in [1.165, 1.54) is 18.2 Å². The lowest BCUT2D eigenvalue weighted by Gasteiger charge is -2.23. The second-order valence-electron chi connectivity index (χ2n) is 6.55. The van der Waals surface area contributed by atoms with Crippen LogP contribution < -0.4 is 9.47 Å². The number of carbonyl (C=O) groups is 1. The average Bonchev–Trinajstić information content (AvgIpc) is 3.08. The lowest BCUT2D eigenvalue weighted by atomic mass is 9.80. The minimum absolute atomic E-state index is 0.123. The summed E-state index contributed by atoms with van der Waals surface area (Å²) in [7, 11) is 0. The summed E-state index contributed by atoms with van der Waals surface area (Å²) < 4.78 is 50.1. The fraction of sp³-hybridized carbons (Fsp3) is 0.250. The van der Waals surface area contributed by atoms with Gasteiger partial charge in [0.25, 0.3) is 0 Å². The summed E-state index contributed by atoms with van der Waals surface area (Å²) in [4.78, 5) is 12.2. The standard InChI is InChI=1S/C20H14ClF3O3/c21-17-3-1-11(8-16(17)20(22,23)24)13-5-14(7-15(25)6-13)12-2-4-18-19(9-12)27-10-26-18/h1-4,6,8-9,14H,5,7,10H2/t14-/m1/s1. The molecule has 0 spiro atoms. The fourth-order valence-electron chi connectivity index (χ4n) is 3.44. The highest BCUT2D eigenvalue weighted by molar-refractivity contribution is 6.31. The highest BCUT2D eigenvalue weighted by Crippen LogP contribution is 2.42. The van der Waals surface area contributed by atoms with E-state index < -0.39 is 11.7 Å². The maximum Gasteiger partial charge on any atom is 0.417 e. The number of fused-ring (bicyclic) bond motifs is 1. The minimum atomic E-state index is -4.55. The van der Waals surface area contributed by atoms with Crippen molar-refractivity contribution in [1.29, 1.82) is 0 Å². The predicted octanol–water partition coefficient (Wildman–Crippen LogP) is 5.62. The van der Waals surface area contributed by atoms with Crippen LogP contribution in [0.3, 0.4) is 0 Å². The Morgan fingerprint density at radius 3 is 2.56 bits per heavy atom. The van der Waals surface area contributed by atoms with Gasteiger partial charge in [0, 0.05) is 6.42 Å². The number of carbonyl (C=O) groups excluding carboxylic acids is 1. The first-order valence-corrected chi connectivity index (χ1v) is 8.69. The van der Waals surface area contributed by atoms with E-state index in [1.54, 1.807) is 6.07 Å². The zero-order valence-corrected chi connectivity index (χ0v) is 14.7. The van der Waals surface area contributed by atoms with Crippen molar-refractivity contribution in [1.82, 2.24) is 0 Å². The lowest BCUT2D eigenvalue weighted by molar-refractivity contribution is -0.137. The third kappa shape index (κ3) is 3.54. The Bertz CT molecular complexity index is 950. The monoisotopic (exact) mass is 394 g/mol. The topological polar surface area (TPSA) is 35.5 Å². The third-order valence-electron chi connectivity index (χ3n) is 4.76. The Labute approximate surface area is 158 Å². The van der Waals surface area contributed by atoms with Crippen molar-refractivity contribution >= 4 is 23.0 Å². The van der Waals surface area contributed by atoms with Crippen molar-refractivity contribution in [3.63, 3.8) is 0 Å². The normalized spacial score (nSPS) is 19.2. The Hall–Kier alpha value is -2.47. The van der Waals surface area contributed by atoms with Gasteiger partial charge in [-0.1, -0.05) is 23.7 Å². The van der Waals surface area contributed by atoms with Gasteiger partial charge in [-0.3, -0.25) is 4.79 Å². The van der Waals surface area contributed by atoms with Crippen molar-refractivity contribution < 1.29 is 27.4 Å². The number of alkyl halides is 3. The number of halogens is 4. The van der Waals surface area contributed by atoms with E-state index in [0.29, 0.717) is 35.5 Å². The first-order valence-electron chi connectivity index (χ1n) is 8.31. The van der Waals surface area contributed by atoms with Gasteiger partial charge in [-0.25, -0.2) is 0 Å². The second kappa shape index (κ2) is 6.60. The fourth-order valence-corrected chi connectivity index (χ4v) is 3.66. The summed E-state index contributed by atoms with van der Waals surface area (Å²) in [5.74, 6) is 0.991. The van der Waals surface area contributed by atoms with Crippen LogP contribution in [-0.2, 0) is 11.0 Å². The van der Waals surface area contributed by atoms with Gasteiger partial charge in [-0.15, -0.1) is 0 Å². The molecular formula is C20H14ClF3O3. The van der Waals surface area contributed by atoms with Gasteiger partial charge in [-0.2, -0.15) is 13.2 Å². The van der Waals surface area contributed by atoms with E-state index in [4.69, 9.17) is 21.1 Å². The number of ketones is 1. The van der Waals surface area contributed by atoms with Crippen LogP contribution >= 0.6 is 11.6 Å². The molecule has 2 aliphatic rings. The quantitative estimate of drug-likeness (QED) is 0.663. The maximum atomic E-state index is 13.1. The first kappa shape index (κ1) is 17.9. The molecule has 0 saturated carbocycles. The van der Waals surface area contributed by atoms with Crippen LogP contribution in [0.15, 0.2) is 42.5 Å². The predicted molar refractivity (Wildman–Crippen MR) is 94.0 cm³/mol. The number of rotatable bonds is 2. The number of hydrogen-bond donors (Lipinski definition) is 0. The summed E-state index contributed by atoms with van der Waals surface area (Å²) in [5, 5.41) is -0.360. The Morgan fingerprint density at radius 1 is 1.00 bits per heavy atom. The molecule has 1 aliphatic heterocycles. The zero-order chi connectivity index (χ0) is 19.2. The van der Waals surface area contributed by atoms with Gasteiger partial charge in [0.1, 0.15) is 0 Å². The molecule has 0 radical (unpaired) electrons. The Balaban J connectivity index is 1.66. The number of ether oxygens (including phenoxy) is 2. The van der Waals surface area contributed by atoms with Gasteiger partial charge < -0.3 is 9.47 Å². The molecule has 0 saturated heterocycles. The molecule has 1 aliphatic carbocycles. The molecule has 3 nitrogen and oxygen atoms in total. The van der Waals surface area contributed by atoms with Crippen LogP contribution in [0.4, 0.5) is 13.2 Å². The van der Waals surface area contributed by atoms with Crippen LogP contribution in [0.5, 0.6) is 11.5 Å². The van der Waals surface area contributed by atoms with Gasteiger partial charge >= 0.3 is 6.18 Å². The van der Waals surface area contributed by atoms with Crippen LogP contribution in [0.25, 0.3) is 5.57 Å². The van der Waals surface area contributed by atoms with Gasteiger partial charge in [-0.05, 0) is 59.4 Å². The van der Waals surface area contributed by atoms with Crippen molar-refractivity contribution in [3.05, 3.63) is 64.2 Å². The molecule has 7 heteroatoms. The molecular weight excluding hydrogens is 381 g/mol. The molecule has 27 heavy (non-hydrogen) atoms. The van der Waals surface area contributed by atoms with E-state index >= 15 is 0 Å². The van der Waals surface area contributed by atoms with Crippen LogP contribution in [-0.4, -0.2) is 12.6 Å². The molecule has 0 unspecified atom stereocenters. The van der Waals surface area contributed by atoms with Crippen LogP contribution in [0, 0.1) is 0 Å². The largest absolute Gasteiger partial charge is 0.454 e. The molecule has 0 amide bonds. The summed E-state index contributed by atoms with van der Waals surface area (Å²) in [6.07, 6.45) is -2.39. The van der Waals surface area contributed by atoms with Crippen LogP contribution in [0.1, 0.15) is 35.4 Å². The molecule has 2 aromatic rings. The Morgan fingerprint density at radius 2 is 1.78 bits per heavy atom. The molecule has 1 heterocycles. The SMILES string of the molecule is O=C1C=C(c2ccc(Cl)c(C(F)(F)F)c2)C[C@@H](c2ccc3c(c2)OCO3)C1. The second-order valence-corrected chi connectivity index (χ2v) is 6.95. The molecule has 0 N–H and O–H groups in total. The molecule has 4 rings (SSSR count). The highest BCUT2D eigenvalue weighted by atomic mass is 35.5. The summed E-state index contributed by atoms with van der Waals surface area (Å²) >= 11 is 5.69. The molecule has 0 fully saturated rings. The summed E-state index contributed by atoms with van der Waals surface area (Å²) in [5.41, 5.74) is 0.907. The minimum Gasteiger partial charge on any atom is -0.454 e. The number of benzene rings is 2. The molecule has 140 valence electrons. The summed E-state index contributed by atoms with van der Waals surface area (Å²) in [6, 6.07) is 9.20. The van der Waals surface area contributed by atoms with Crippen molar-refractivity contribution in [2.45, 2.75) is 24.9 Å². The Kier molecular flexibility index (Phi) is 4.38. The van der Waals surface area contributed by atoms with E-state index in [9.17, 15) is 18.0 Å². The van der Waals surface area contributed by atoms with Gasteiger partial charge in [0.05, 0.1) is 10.6 Å². The average molecular weight is 395 g/mol. The molecule has 0 bridgehead atoms. The molecule has 2 aromatic carbocycles. The third-order valence-corrected chi connectivity index (χ3v) is 5.09. The van der Waals surface area contributed by atoms with Gasteiger partial charge in [0.15, 0.2) is 17.3 Å². The molecule has 0 aromatic heterocycles. The zero-order valence-electron chi connectivity index (χ0n) is 14.0.